The van der Waals surface area contributed by atoms with E-state index in [1.54, 1.807) is 0 Å². The molecule has 2 saturated carbocycles. The molecule has 0 amide bonds. The Labute approximate surface area is 121 Å². The predicted molar refractivity (Wildman–Crippen MR) is 79.4 cm³/mol. The molecule has 2 unspecified atom stereocenters. The summed E-state index contributed by atoms with van der Waals surface area (Å²) in [5.74, 6) is 0. The van der Waals surface area contributed by atoms with E-state index < -0.39 is 0 Å². The van der Waals surface area contributed by atoms with Crippen LogP contribution in [0.3, 0.4) is 0 Å². The van der Waals surface area contributed by atoms with Gasteiger partial charge in [-0.15, -0.1) is 0 Å². The third-order valence-electron chi connectivity index (χ3n) is 5.41. The van der Waals surface area contributed by atoms with Gasteiger partial charge in [0.25, 0.3) is 0 Å². The predicted octanol–water partition coefficient (Wildman–Crippen LogP) is 2.42. The Morgan fingerprint density at radius 1 is 1.25 bits per heavy atom. The van der Waals surface area contributed by atoms with Crippen molar-refractivity contribution in [1.29, 1.82) is 0 Å². The Kier molecular flexibility index (Phi) is 4.13. The first-order chi connectivity index (χ1) is 9.73. The van der Waals surface area contributed by atoms with E-state index in [-0.39, 0.29) is 11.5 Å². The van der Waals surface area contributed by atoms with Crippen molar-refractivity contribution in [3.8, 4) is 0 Å². The van der Waals surface area contributed by atoms with Crippen molar-refractivity contribution < 1.29 is 5.11 Å². The SMILES string of the molecule is NCC1(Cc2ccn(C3CCCCC3)n2)CCCC1O. The summed E-state index contributed by atoms with van der Waals surface area (Å²) in [4.78, 5) is 0. The molecular formula is C16H27N3O. The lowest BCUT2D eigenvalue weighted by atomic mass is 9.80. The number of aliphatic hydroxyl groups is 1. The van der Waals surface area contributed by atoms with Gasteiger partial charge in [0.15, 0.2) is 0 Å². The molecule has 0 aromatic carbocycles. The molecular weight excluding hydrogens is 250 g/mol. The van der Waals surface area contributed by atoms with Crippen LogP contribution in [0.1, 0.15) is 63.1 Å². The molecule has 1 aromatic heterocycles. The maximum absolute atomic E-state index is 10.2. The lowest BCUT2D eigenvalue weighted by Gasteiger charge is -2.30. The molecule has 0 aliphatic heterocycles. The second-order valence-electron chi connectivity index (χ2n) is 6.73. The van der Waals surface area contributed by atoms with E-state index in [1.807, 2.05) is 0 Å². The Bertz CT molecular complexity index is 439. The largest absolute Gasteiger partial charge is 0.392 e. The van der Waals surface area contributed by atoms with Gasteiger partial charge in [0.2, 0.25) is 0 Å². The van der Waals surface area contributed by atoms with Crippen molar-refractivity contribution in [2.45, 2.75) is 69.9 Å². The number of aromatic nitrogens is 2. The van der Waals surface area contributed by atoms with Crippen LogP contribution in [0.15, 0.2) is 12.3 Å². The van der Waals surface area contributed by atoms with Crippen LogP contribution in [0.25, 0.3) is 0 Å². The fraction of sp³-hybridized carbons (Fsp3) is 0.812. The second kappa shape index (κ2) is 5.86. The molecule has 4 heteroatoms. The number of aliphatic hydroxyl groups excluding tert-OH is 1. The van der Waals surface area contributed by atoms with Gasteiger partial charge in [-0.1, -0.05) is 25.7 Å². The van der Waals surface area contributed by atoms with Crippen molar-refractivity contribution in [2.24, 2.45) is 11.1 Å². The zero-order valence-electron chi connectivity index (χ0n) is 12.3. The molecule has 4 nitrogen and oxygen atoms in total. The number of nitrogens with zero attached hydrogens (tertiary/aromatic N) is 2. The van der Waals surface area contributed by atoms with Crippen LogP contribution in [-0.4, -0.2) is 27.5 Å². The Balaban J connectivity index is 1.70. The van der Waals surface area contributed by atoms with Crippen LogP contribution < -0.4 is 5.73 Å². The number of hydrogen-bond acceptors (Lipinski definition) is 3. The van der Waals surface area contributed by atoms with Crippen molar-refractivity contribution in [2.75, 3.05) is 6.54 Å². The summed E-state index contributed by atoms with van der Waals surface area (Å²) in [5.41, 5.74) is 6.93. The summed E-state index contributed by atoms with van der Waals surface area (Å²) in [6, 6.07) is 2.71. The molecule has 0 bridgehead atoms. The highest BCUT2D eigenvalue weighted by molar-refractivity contribution is 5.08. The number of hydrogen-bond donors (Lipinski definition) is 2. The van der Waals surface area contributed by atoms with Crippen LogP contribution >= 0.6 is 0 Å². The van der Waals surface area contributed by atoms with E-state index in [1.165, 1.54) is 32.1 Å². The molecule has 2 aliphatic rings. The summed E-state index contributed by atoms with van der Waals surface area (Å²) in [7, 11) is 0. The van der Waals surface area contributed by atoms with E-state index in [4.69, 9.17) is 10.8 Å². The summed E-state index contributed by atoms with van der Waals surface area (Å²) >= 11 is 0. The molecule has 1 heterocycles. The third-order valence-corrected chi connectivity index (χ3v) is 5.41. The van der Waals surface area contributed by atoms with Crippen molar-refractivity contribution in [1.82, 2.24) is 9.78 Å². The highest BCUT2D eigenvalue weighted by atomic mass is 16.3. The Morgan fingerprint density at radius 3 is 2.70 bits per heavy atom. The van der Waals surface area contributed by atoms with Gasteiger partial charge in [-0.25, -0.2) is 0 Å². The zero-order chi connectivity index (χ0) is 14.0. The fourth-order valence-electron chi connectivity index (χ4n) is 4.02. The minimum absolute atomic E-state index is 0.133. The Hall–Kier alpha value is -0.870. The van der Waals surface area contributed by atoms with E-state index in [0.717, 1.165) is 31.4 Å². The molecule has 2 atom stereocenters. The molecule has 20 heavy (non-hydrogen) atoms. The molecule has 1 aromatic rings. The van der Waals surface area contributed by atoms with Gasteiger partial charge in [-0.3, -0.25) is 4.68 Å². The first-order valence-electron chi connectivity index (χ1n) is 8.16. The van der Waals surface area contributed by atoms with Crippen molar-refractivity contribution >= 4 is 0 Å². The maximum atomic E-state index is 10.2. The van der Waals surface area contributed by atoms with Gasteiger partial charge in [-0.05, 0) is 31.7 Å². The second-order valence-corrected chi connectivity index (χ2v) is 6.73. The first kappa shape index (κ1) is 14.1. The van der Waals surface area contributed by atoms with Crippen LogP contribution in [0, 0.1) is 5.41 Å². The summed E-state index contributed by atoms with van der Waals surface area (Å²) in [5, 5.41) is 15.0. The maximum Gasteiger partial charge on any atom is 0.0631 e. The van der Waals surface area contributed by atoms with Crippen LogP contribution in [0.4, 0.5) is 0 Å². The minimum Gasteiger partial charge on any atom is -0.392 e. The lowest BCUT2D eigenvalue weighted by Crippen LogP contribution is -2.39. The smallest absolute Gasteiger partial charge is 0.0631 e. The number of rotatable bonds is 4. The van der Waals surface area contributed by atoms with Gasteiger partial charge >= 0.3 is 0 Å². The molecule has 2 aliphatic carbocycles. The van der Waals surface area contributed by atoms with E-state index >= 15 is 0 Å². The van der Waals surface area contributed by atoms with Crippen LogP contribution in [0.2, 0.25) is 0 Å². The Morgan fingerprint density at radius 2 is 2.05 bits per heavy atom. The fourth-order valence-corrected chi connectivity index (χ4v) is 4.02. The molecule has 3 N–H and O–H groups in total. The van der Waals surface area contributed by atoms with Gasteiger partial charge in [0, 0.05) is 24.6 Å². The summed E-state index contributed by atoms with van der Waals surface area (Å²) < 4.78 is 2.15. The third kappa shape index (κ3) is 2.63. The number of nitrogens with two attached hydrogens (primary N) is 1. The summed E-state index contributed by atoms with van der Waals surface area (Å²) in [6.45, 7) is 0.560. The molecule has 2 fully saturated rings. The van der Waals surface area contributed by atoms with E-state index in [9.17, 15) is 5.11 Å². The minimum atomic E-state index is -0.257. The molecule has 0 spiro atoms. The van der Waals surface area contributed by atoms with Gasteiger partial charge in [0.05, 0.1) is 17.8 Å². The van der Waals surface area contributed by atoms with Crippen molar-refractivity contribution in [3.05, 3.63) is 18.0 Å². The van der Waals surface area contributed by atoms with E-state index in [2.05, 4.69) is 16.9 Å². The standard InChI is InChI=1S/C16H27N3O/c17-12-16(9-4-7-15(16)20)11-13-8-10-19(18-13)14-5-2-1-3-6-14/h8,10,14-15,20H,1-7,9,11-12,17H2. The highest BCUT2D eigenvalue weighted by Gasteiger charge is 2.41. The molecule has 112 valence electrons. The topological polar surface area (TPSA) is 64.1 Å². The normalized spacial score (nSPS) is 31.8. The monoisotopic (exact) mass is 277 g/mol. The molecule has 3 rings (SSSR count). The summed E-state index contributed by atoms with van der Waals surface area (Å²) in [6.07, 6.45) is 12.2. The van der Waals surface area contributed by atoms with Crippen LogP contribution in [-0.2, 0) is 6.42 Å². The average Bonchev–Trinajstić information content (AvgIpc) is 3.08. The molecule has 0 radical (unpaired) electrons. The van der Waals surface area contributed by atoms with E-state index in [0.29, 0.717) is 12.6 Å². The van der Waals surface area contributed by atoms with Crippen molar-refractivity contribution in [3.63, 3.8) is 0 Å². The van der Waals surface area contributed by atoms with Gasteiger partial charge in [0.1, 0.15) is 0 Å². The first-order valence-corrected chi connectivity index (χ1v) is 8.16. The average molecular weight is 277 g/mol. The lowest BCUT2D eigenvalue weighted by molar-refractivity contribution is 0.0579. The zero-order valence-corrected chi connectivity index (χ0v) is 12.3. The quantitative estimate of drug-likeness (QED) is 0.888. The molecule has 0 saturated heterocycles. The highest BCUT2D eigenvalue weighted by Crippen LogP contribution is 2.40. The van der Waals surface area contributed by atoms with Crippen LogP contribution in [0.5, 0.6) is 0 Å². The van der Waals surface area contributed by atoms with Gasteiger partial charge in [-0.2, -0.15) is 5.10 Å². The van der Waals surface area contributed by atoms with Gasteiger partial charge < -0.3 is 10.8 Å².